The maximum Gasteiger partial charge on any atom is 0.0662 e. The molecule has 0 bridgehead atoms. The van der Waals surface area contributed by atoms with E-state index in [2.05, 4.69) is 40.2 Å². The Morgan fingerprint density at radius 2 is 2.07 bits per heavy atom. The van der Waals surface area contributed by atoms with Crippen LogP contribution in [0.15, 0.2) is 28.7 Å². The van der Waals surface area contributed by atoms with E-state index in [-0.39, 0.29) is 5.92 Å². The second kappa shape index (κ2) is 4.81. The molecule has 0 N–H and O–H groups in total. The molecule has 0 aromatic heterocycles. The van der Waals surface area contributed by atoms with Crippen molar-refractivity contribution in [2.24, 2.45) is 5.92 Å². The third kappa shape index (κ3) is 2.41. The van der Waals surface area contributed by atoms with Gasteiger partial charge in [-0.25, -0.2) is 0 Å². The van der Waals surface area contributed by atoms with Crippen LogP contribution >= 0.6 is 15.9 Å². The summed E-state index contributed by atoms with van der Waals surface area (Å²) in [4.78, 5) is 0. The van der Waals surface area contributed by atoms with Gasteiger partial charge in [0.25, 0.3) is 0 Å². The molecular weight excluding hydrogens is 250 g/mol. The molecule has 0 radical (unpaired) electrons. The maximum absolute atomic E-state index is 9.13. The van der Waals surface area contributed by atoms with Crippen LogP contribution < -0.4 is 0 Å². The molecule has 2 atom stereocenters. The summed E-state index contributed by atoms with van der Waals surface area (Å²) < 4.78 is 1.11. The minimum absolute atomic E-state index is 0.216. The van der Waals surface area contributed by atoms with Crippen LogP contribution in [0.25, 0.3) is 0 Å². The fourth-order valence-electron chi connectivity index (χ4n) is 2.42. The lowest BCUT2D eigenvalue weighted by Gasteiger charge is -2.27. The van der Waals surface area contributed by atoms with Crippen LogP contribution in [-0.2, 0) is 0 Å². The van der Waals surface area contributed by atoms with Crippen molar-refractivity contribution in [2.45, 2.75) is 31.6 Å². The first kappa shape index (κ1) is 10.7. The minimum atomic E-state index is 0.216. The topological polar surface area (TPSA) is 23.8 Å². The van der Waals surface area contributed by atoms with E-state index in [9.17, 15) is 0 Å². The predicted molar refractivity (Wildman–Crippen MR) is 64.5 cm³/mol. The van der Waals surface area contributed by atoms with Gasteiger partial charge < -0.3 is 0 Å². The Morgan fingerprint density at radius 1 is 1.27 bits per heavy atom. The Kier molecular flexibility index (Phi) is 3.43. The van der Waals surface area contributed by atoms with E-state index >= 15 is 0 Å². The molecule has 1 aromatic rings. The lowest BCUT2D eigenvalue weighted by molar-refractivity contribution is 0.369. The summed E-state index contributed by atoms with van der Waals surface area (Å²) in [6, 6.07) is 10.8. The predicted octanol–water partition coefficient (Wildman–Crippen LogP) is 4.25. The van der Waals surface area contributed by atoms with Gasteiger partial charge in [-0.3, -0.25) is 0 Å². The van der Waals surface area contributed by atoms with E-state index in [0.29, 0.717) is 5.92 Å². The molecule has 0 aliphatic heterocycles. The average Bonchev–Trinajstić information content (AvgIpc) is 2.29. The number of hydrogen-bond donors (Lipinski definition) is 0. The monoisotopic (exact) mass is 263 g/mol. The quantitative estimate of drug-likeness (QED) is 0.744. The van der Waals surface area contributed by atoms with Crippen molar-refractivity contribution in [2.75, 3.05) is 0 Å². The number of nitrogens with zero attached hydrogens (tertiary/aromatic N) is 1. The zero-order chi connectivity index (χ0) is 10.7. The van der Waals surface area contributed by atoms with Crippen molar-refractivity contribution in [1.29, 1.82) is 5.26 Å². The Morgan fingerprint density at radius 3 is 2.80 bits per heavy atom. The lowest BCUT2D eigenvalue weighted by atomic mass is 9.76. The minimum Gasteiger partial charge on any atom is -0.198 e. The Balaban J connectivity index is 2.25. The molecule has 2 unspecified atom stereocenters. The Hall–Kier alpha value is -0.810. The van der Waals surface area contributed by atoms with Gasteiger partial charge in [0.2, 0.25) is 0 Å². The third-order valence-corrected chi connectivity index (χ3v) is 3.70. The standard InChI is InChI=1S/C13H14BrN/c14-12-6-3-5-10(8-12)13-7-2-1-4-11(13)9-15/h3,5-6,8,11,13H,1-2,4,7H2. The molecule has 15 heavy (non-hydrogen) atoms. The van der Waals surface area contributed by atoms with Crippen LogP contribution in [0.2, 0.25) is 0 Å². The highest BCUT2D eigenvalue weighted by Crippen LogP contribution is 2.37. The van der Waals surface area contributed by atoms with Gasteiger partial charge in [-0.05, 0) is 36.5 Å². The smallest absolute Gasteiger partial charge is 0.0662 e. The van der Waals surface area contributed by atoms with Crippen molar-refractivity contribution < 1.29 is 0 Å². The average molecular weight is 264 g/mol. The second-order valence-corrected chi connectivity index (χ2v) is 5.10. The van der Waals surface area contributed by atoms with Gasteiger partial charge in [-0.1, -0.05) is 40.9 Å². The molecule has 0 amide bonds. The SMILES string of the molecule is N#CC1CCCCC1c1cccc(Br)c1. The summed E-state index contributed by atoms with van der Waals surface area (Å²) in [5.41, 5.74) is 1.32. The molecule has 0 spiro atoms. The molecule has 2 rings (SSSR count). The van der Waals surface area contributed by atoms with E-state index in [1.807, 2.05) is 6.07 Å². The summed E-state index contributed by atoms with van der Waals surface area (Å²) in [5, 5.41) is 9.13. The Bertz CT molecular complexity index is 380. The first-order valence-electron chi connectivity index (χ1n) is 5.46. The molecule has 78 valence electrons. The highest BCUT2D eigenvalue weighted by molar-refractivity contribution is 9.10. The van der Waals surface area contributed by atoms with Gasteiger partial charge in [0, 0.05) is 4.47 Å². The maximum atomic E-state index is 9.13. The van der Waals surface area contributed by atoms with Gasteiger partial charge in [0.1, 0.15) is 0 Å². The van der Waals surface area contributed by atoms with E-state index < -0.39 is 0 Å². The van der Waals surface area contributed by atoms with Crippen molar-refractivity contribution in [3.8, 4) is 6.07 Å². The molecule has 1 saturated carbocycles. The zero-order valence-corrected chi connectivity index (χ0v) is 10.2. The lowest BCUT2D eigenvalue weighted by Crippen LogP contribution is -2.16. The summed E-state index contributed by atoms with van der Waals surface area (Å²) in [6.45, 7) is 0. The van der Waals surface area contributed by atoms with Crippen LogP contribution in [0.1, 0.15) is 37.2 Å². The highest BCUT2D eigenvalue weighted by Gasteiger charge is 2.26. The third-order valence-electron chi connectivity index (χ3n) is 3.21. The number of nitriles is 1. The van der Waals surface area contributed by atoms with E-state index in [1.54, 1.807) is 0 Å². The van der Waals surface area contributed by atoms with Crippen LogP contribution in [-0.4, -0.2) is 0 Å². The summed E-state index contributed by atoms with van der Waals surface area (Å²) in [7, 11) is 0. The summed E-state index contributed by atoms with van der Waals surface area (Å²) in [6.07, 6.45) is 4.69. The number of hydrogen-bond acceptors (Lipinski definition) is 1. The van der Waals surface area contributed by atoms with Crippen molar-refractivity contribution in [3.63, 3.8) is 0 Å². The summed E-state index contributed by atoms with van der Waals surface area (Å²) >= 11 is 3.49. The fourth-order valence-corrected chi connectivity index (χ4v) is 2.84. The highest BCUT2D eigenvalue weighted by atomic mass is 79.9. The molecule has 1 aliphatic carbocycles. The zero-order valence-electron chi connectivity index (χ0n) is 8.62. The van der Waals surface area contributed by atoms with Gasteiger partial charge >= 0.3 is 0 Å². The molecule has 2 heteroatoms. The second-order valence-electron chi connectivity index (χ2n) is 4.18. The number of halogens is 1. The van der Waals surface area contributed by atoms with Crippen molar-refractivity contribution >= 4 is 15.9 Å². The molecule has 1 aliphatic rings. The normalized spacial score (nSPS) is 25.9. The fraction of sp³-hybridized carbons (Fsp3) is 0.462. The molecular formula is C13H14BrN. The number of benzene rings is 1. The van der Waals surface area contributed by atoms with E-state index in [0.717, 1.165) is 17.3 Å². The number of rotatable bonds is 1. The first-order valence-corrected chi connectivity index (χ1v) is 6.25. The van der Waals surface area contributed by atoms with Crippen LogP contribution in [0, 0.1) is 17.2 Å². The molecule has 1 aromatic carbocycles. The Labute approximate surface area is 99.2 Å². The van der Waals surface area contributed by atoms with Crippen LogP contribution in [0.3, 0.4) is 0 Å². The molecule has 0 saturated heterocycles. The van der Waals surface area contributed by atoms with Crippen LogP contribution in [0.4, 0.5) is 0 Å². The van der Waals surface area contributed by atoms with E-state index in [4.69, 9.17) is 5.26 Å². The van der Waals surface area contributed by atoms with Gasteiger partial charge in [0.05, 0.1) is 12.0 Å². The van der Waals surface area contributed by atoms with Gasteiger partial charge in [0.15, 0.2) is 0 Å². The van der Waals surface area contributed by atoms with Gasteiger partial charge in [-0.2, -0.15) is 5.26 Å². The van der Waals surface area contributed by atoms with Crippen molar-refractivity contribution in [3.05, 3.63) is 34.3 Å². The molecule has 0 heterocycles. The summed E-state index contributed by atoms with van der Waals surface area (Å²) in [5.74, 6) is 0.661. The van der Waals surface area contributed by atoms with E-state index in [1.165, 1.54) is 18.4 Å². The molecule has 1 nitrogen and oxygen atoms in total. The largest absolute Gasteiger partial charge is 0.198 e. The molecule has 1 fully saturated rings. The van der Waals surface area contributed by atoms with Crippen molar-refractivity contribution in [1.82, 2.24) is 0 Å². The van der Waals surface area contributed by atoms with Gasteiger partial charge in [-0.15, -0.1) is 0 Å². The van der Waals surface area contributed by atoms with Crippen LogP contribution in [0.5, 0.6) is 0 Å². The first-order chi connectivity index (χ1) is 7.31.